The lowest BCUT2D eigenvalue weighted by atomic mass is 9.98. The lowest BCUT2D eigenvalue weighted by Gasteiger charge is -2.32. The molecule has 1 amide bonds. The Balaban J connectivity index is 1.50. The molecule has 1 aromatic carbocycles. The summed E-state index contributed by atoms with van der Waals surface area (Å²) in [6.07, 6.45) is 3.88. The molecule has 6 nitrogen and oxygen atoms in total. The third-order valence-corrected chi connectivity index (χ3v) is 4.61. The number of ether oxygens (including phenoxy) is 1. The number of nitrogens with one attached hydrogen (secondary N) is 1. The van der Waals surface area contributed by atoms with Crippen molar-refractivity contribution in [3.63, 3.8) is 0 Å². The van der Waals surface area contributed by atoms with Crippen LogP contribution in [0.5, 0.6) is 5.88 Å². The van der Waals surface area contributed by atoms with Gasteiger partial charge in [0.25, 0.3) is 0 Å². The van der Waals surface area contributed by atoms with Crippen LogP contribution in [0.1, 0.15) is 30.9 Å². The summed E-state index contributed by atoms with van der Waals surface area (Å²) >= 11 is 0. The molecular weight excluding hydrogens is 340 g/mol. The molecule has 1 fully saturated rings. The van der Waals surface area contributed by atoms with Crippen molar-refractivity contribution in [1.82, 2.24) is 9.88 Å². The molecule has 0 spiro atoms. The SMILES string of the molecule is CC(=O)Nc1ccc(CN2CCCC(COc3cc(C#N)ccn3)C2)cc1. The summed E-state index contributed by atoms with van der Waals surface area (Å²) in [6, 6.07) is 13.4. The summed E-state index contributed by atoms with van der Waals surface area (Å²) in [5.41, 5.74) is 2.62. The molecule has 0 radical (unpaired) electrons. The summed E-state index contributed by atoms with van der Waals surface area (Å²) in [4.78, 5) is 17.7. The highest BCUT2D eigenvalue weighted by Gasteiger charge is 2.20. The maximum Gasteiger partial charge on any atom is 0.221 e. The fourth-order valence-electron chi connectivity index (χ4n) is 3.35. The third-order valence-electron chi connectivity index (χ3n) is 4.61. The van der Waals surface area contributed by atoms with Gasteiger partial charge in [-0.1, -0.05) is 12.1 Å². The van der Waals surface area contributed by atoms with Crippen LogP contribution in [0.3, 0.4) is 0 Å². The Morgan fingerprint density at radius 2 is 2.19 bits per heavy atom. The molecule has 3 rings (SSSR count). The first kappa shape index (κ1) is 18.9. The Morgan fingerprint density at radius 3 is 2.93 bits per heavy atom. The number of nitrogens with zero attached hydrogens (tertiary/aromatic N) is 3. The monoisotopic (exact) mass is 364 g/mol. The fourth-order valence-corrected chi connectivity index (χ4v) is 3.35. The standard InChI is InChI=1S/C21H24N4O2/c1-16(26)24-20-6-4-17(5-7-20)13-25-10-2-3-19(14-25)15-27-21-11-18(12-22)8-9-23-21/h4-9,11,19H,2-3,10,13-15H2,1H3,(H,24,26). The number of piperidine rings is 1. The van der Waals surface area contributed by atoms with E-state index in [1.54, 1.807) is 18.3 Å². The van der Waals surface area contributed by atoms with Crippen LogP contribution in [0.25, 0.3) is 0 Å². The minimum Gasteiger partial charge on any atom is -0.477 e. The van der Waals surface area contributed by atoms with Crippen molar-refractivity contribution < 1.29 is 9.53 Å². The van der Waals surface area contributed by atoms with Crippen molar-refractivity contribution in [2.45, 2.75) is 26.3 Å². The van der Waals surface area contributed by atoms with Gasteiger partial charge in [0.05, 0.1) is 18.2 Å². The molecule has 1 N–H and O–H groups in total. The molecule has 27 heavy (non-hydrogen) atoms. The Morgan fingerprint density at radius 1 is 1.37 bits per heavy atom. The van der Waals surface area contributed by atoms with Gasteiger partial charge >= 0.3 is 0 Å². The minimum absolute atomic E-state index is 0.0589. The van der Waals surface area contributed by atoms with E-state index in [0.717, 1.165) is 38.2 Å². The summed E-state index contributed by atoms with van der Waals surface area (Å²) in [7, 11) is 0. The summed E-state index contributed by atoms with van der Waals surface area (Å²) in [5, 5.41) is 11.7. The average molecular weight is 364 g/mol. The molecule has 0 bridgehead atoms. The lowest BCUT2D eigenvalue weighted by Crippen LogP contribution is -2.37. The van der Waals surface area contributed by atoms with E-state index in [1.807, 2.05) is 12.1 Å². The van der Waals surface area contributed by atoms with Crippen molar-refractivity contribution in [3.05, 3.63) is 53.7 Å². The molecular formula is C21H24N4O2. The molecule has 1 unspecified atom stereocenters. The average Bonchev–Trinajstić information content (AvgIpc) is 2.68. The number of likely N-dealkylation sites (tertiary alicyclic amines) is 1. The number of anilines is 1. The minimum atomic E-state index is -0.0589. The van der Waals surface area contributed by atoms with Crippen LogP contribution in [-0.2, 0) is 11.3 Å². The summed E-state index contributed by atoms with van der Waals surface area (Å²) in [5.74, 6) is 0.904. The highest BCUT2D eigenvalue weighted by atomic mass is 16.5. The molecule has 2 aromatic rings. The van der Waals surface area contributed by atoms with Crippen LogP contribution in [-0.4, -0.2) is 35.5 Å². The Hall–Kier alpha value is -2.91. The van der Waals surface area contributed by atoms with Crippen LogP contribution in [0.2, 0.25) is 0 Å². The van der Waals surface area contributed by atoms with E-state index < -0.39 is 0 Å². The van der Waals surface area contributed by atoms with E-state index in [4.69, 9.17) is 10.00 Å². The number of hydrogen-bond donors (Lipinski definition) is 1. The number of amides is 1. The fraction of sp³-hybridized carbons (Fsp3) is 0.381. The second kappa shape index (κ2) is 9.15. The first-order valence-corrected chi connectivity index (χ1v) is 9.20. The summed E-state index contributed by atoms with van der Waals surface area (Å²) in [6.45, 7) is 5.06. The molecule has 1 aliphatic rings. The van der Waals surface area contributed by atoms with Gasteiger partial charge in [-0.25, -0.2) is 4.98 Å². The van der Waals surface area contributed by atoms with E-state index in [-0.39, 0.29) is 5.91 Å². The van der Waals surface area contributed by atoms with Crippen molar-refractivity contribution in [2.75, 3.05) is 25.0 Å². The van der Waals surface area contributed by atoms with E-state index in [1.165, 1.54) is 12.5 Å². The van der Waals surface area contributed by atoms with Crippen molar-refractivity contribution >= 4 is 11.6 Å². The molecule has 2 heterocycles. The topological polar surface area (TPSA) is 78.3 Å². The second-order valence-corrected chi connectivity index (χ2v) is 6.93. The van der Waals surface area contributed by atoms with Crippen LogP contribution in [0.15, 0.2) is 42.6 Å². The number of nitriles is 1. The van der Waals surface area contributed by atoms with Gasteiger partial charge in [-0.3, -0.25) is 9.69 Å². The quantitative estimate of drug-likeness (QED) is 0.852. The lowest BCUT2D eigenvalue weighted by molar-refractivity contribution is -0.114. The zero-order valence-corrected chi connectivity index (χ0v) is 15.5. The number of carbonyl (C=O) groups is 1. The van der Waals surface area contributed by atoms with Gasteiger partial charge in [0.1, 0.15) is 0 Å². The van der Waals surface area contributed by atoms with Crippen LogP contribution < -0.4 is 10.1 Å². The number of benzene rings is 1. The summed E-state index contributed by atoms with van der Waals surface area (Å²) < 4.78 is 5.81. The van der Waals surface area contributed by atoms with Crippen LogP contribution >= 0.6 is 0 Å². The molecule has 0 saturated carbocycles. The van der Waals surface area contributed by atoms with Gasteiger partial charge in [-0.15, -0.1) is 0 Å². The normalized spacial score (nSPS) is 17.1. The van der Waals surface area contributed by atoms with Gasteiger partial charge in [0.2, 0.25) is 11.8 Å². The van der Waals surface area contributed by atoms with Gasteiger partial charge in [0.15, 0.2) is 0 Å². The zero-order valence-electron chi connectivity index (χ0n) is 15.5. The number of pyridine rings is 1. The molecule has 1 atom stereocenters. The predicted molar refractivity (Wildman–Crippen MR) is 103 cm³/mol. The van der Waals surface area contributed by atoms with Crippen molar-refractivity contribution in [2.24, 2.45) is 5.92 Å². The number of hydrogen-bond acceptors (Lipinski definition) is 5. The van der Waals surface area contributed by atoms with E-state index in [0.29, 0.717) is 24.0 Å². The van der Waals surface area contributed by atoms with Gasteiger partial charge in [0, 0.05) is 43.9 Å². The number of carbonyl (C=O) groups excluding carboxylic acids is 1. The Labute approximate surface area is 159 Å². The second-order valence-electron chi connectivity index (χ2n) is 6.93. The van der Waals surface area contributed by atoms with Crippen LogP contribution in [0.4, 0.5) is 5.69 Å². The van der Waals surface area contributed by atoms with Gasteiger partial charge < -0.3 is 10.1 Å². The zero-order chi connectivity index (χ0) is 19.1. The van der Waals surface area contributed by atoms with Crippen LogP contribution in [0, 0.1) is 17.2 Å². The van der Waals surface area contributed by atoms with E-state index in [2.05, 4.69) is 33.4 Å². The highest BCUT2D eigenvalue weighted by Crippen LogP contribution is 2.21. The highest BCUT2D eigenvalue weighted by molar-refractivity contribution is 5.88. The Bertz CT molecular complexity index is 814. The smallest absolute Gasteiger partial charge is 0.221 e. The first-order valence-electron chi connectivity index (χ1n) is 9.20. The number of rotatable bonds is 6. The van der Waals surface area contributed by atoms with Crippen molar-refractivity contribution in [3.8, 4) is 11.9 Å². The maximum atomic E-state index is 11.1. The molecule has 140 valence electrons. The third kappa shape index (κ3) is 5.80. The van der Waals surface area contributed by atoms with Crippen molar-refractivity contribution in [1.29, 1.82) is 5.26 Å². The van der Waals surface area contributed by atoms with Gasteiger partial charge in [-0.2, -0.15) is 5.26 Å². The molecule has 1 aromatic heterocycles. The van der Waals surface area contributed by atoms with E-state index >= 15 is 0 Å². The largest absolute Gasteiger partial charge is 0.477 e. The molecule has 0 aliphatic carbocycles. The number of aromatic nitrogens is 1. The van der Waals surface area contributed by atoms with Gasteiger partial charge in [-0.05, 0) is 43.1 Å². The predicted octanol–water partition coefficient (Wildman–Crippen LogP) is 3.20. The molecule has 6 heteroatoms. The van der Waals surface area contributed by atoms with E-state index in [9.17, 15) is 4.79 Å². The molecule has 1 aliphatic heterocycles. The maximum absolute atomic E-state index is 11.1. The first-order chi connectivity index (χ1) is 13.1. The Kier molecular flexibility index (Phi) is 6.39. The molecule has 1 saturated heterocycles.